The SMILES string of the molecule is CCN(CC(=O)Nc1ccc(OCCCc2ccccc2)cc1)c1ccccc1. The first kappa shape index (κ1) is 20.5. The molecule has 0 aliphatic carbocycles. The minimum atomic E-state index is -0.0350. The van der Waals surface area contributed by atoms with Crippen LogP contribution in [0.2, 0.25) is 0 Å². The minimum absolute atomic E-state index is 0.0350. The molecule has 0 aromatic heterocycles. The summed E-state index contributed by atoms with van der Waals surface area (Å²) in [7, 11) is 0. The lowest BCUT2D eigenvalue weighted by atomic mass is 10.1. The fourth-order valence-electron chi connectivity index (χ4n) is 3.14. The highest BCUT2D eigenvalue weighted by Gasteiger charge is 2.10. The number of nitrogens with zero attached hydrogens (tertiary/aromatic N) is 1. The number of para-hydroxylation sites is 1. The van der Waals surface area contributed by atoms with E-state index in [0.717, 1.165) is 36.5 Å². The number of likely N-dealkylation sites (N-methyl/N-ethyl adjacent to an activating group) is 1. The highest BCUT2D eigenvalue weighted by Crippen LogP contribution is 2.17. The van der Waals surface area contributed by atoms with Gasteiger partial charge in [-0.3, -0.25) is 4.79 Å². The molecular formula is C25H28N2O2. The summed E-state index contributed by atoms with van der Waals surface area (Å²) in [5, 5.41) is 2.96. The number of aryl methyl sites for hydroxylation is 1. The van der Waals surface area contributed by atoms with Gasteiger partial charge in [-0.25, -0.2) is 0 Å². The van der Waals surface area contributed by atoms with Crippen LogP contribution in [0.15, 0.2) is 84.9 Å². The van der Waals surface area contributed by atoms with Crippen LogP contribution in [-0.4, -0.2) is 25.6 Å². The summed E-state index contributed by atoms with van der Waals surface area (Å²) >= 11 is 0. The van der Waals surface area contributed by atoms with Crippen molar-refractivity contribution in [3.8, 4) is 5.75 Å². The zero-order chi connectivity index (χ0) is 20.3. The van der Waals surface area contributed by atoms with Gasteiger partial charge in [0.25, 0.3) is 0 Å². The maximum Gasteiger partial charge on any atom is 0.243 e. The van der Waals surface area contributed by atoms with E-state index in [1.165, 1.54) is 5.56 Å². The molecule has 0 heterocycles. The second-order valence-corrected chi connectivity index (χ2v) is 6.86. The molecule has 3 aromatic rings. The third-order valence-corrected chi connectivity index (χ3v) is 4.70. The first-order valence-electron chi connectivity index (χ1n) is 10.1. The van der Waals surface area contributed by atoms with Crippen LogP contribution >= 0.6 is 0 Å². The number of anilines is 2. The standard InChI is InChI=1S/C25H28N2O2/c1-2-27(23-13-7-4-8-14-23)20-25(28)26-22-15-17-24(18-16-22)29-19-9-12-21-10-5-3-6-11-21/h3-8,10-11,13-18H,2,9,12,19-20H2,1H3,(H,26,28). The van der Waals surface area contributed by atoms with Gasteiger partial charge in [-0.05, 0) is 61.7 Å². The third-order valence-electron chi connectivity index (χ3n) is 4.70. The normalized spacial score (nSPS) is 10.4. The van der Waals surface area contributed by atoms with Gasteiger partial charge in [0.2, 0.25) is 5.91 Å². The van der Waals surface area contributed by atoms with Gasteiger partial charge in [-0.15, -0.1) is 0 Å². The maximum atomic E-state index is 12.4. The van der Waals surface area contributed by atoms with Crippen molar-refractivity contribution in [3.05, 3.63) is 90.5 Å². The molecule has 0 fully saturated rings. The molecule has 4 nitrogen and oxygen atoms in total. The first-order valence-corrected chi connectivity index (χ1v) is 10.1. The minimum Gasteiger partial charge on any atom is -0.494 e. The van der Waals surface area contributed by atoms with E-state index in [1.54, 1.807) is 0 Å². The number of benzene rings is 3. The van der Waals surface area contributed by atoms with Crippen molar-refractivity contribution in [2.45, 2.75) is 19.8 Å². The number of ether oxygens (including phenoxy) is 1. The smallest absolute Gasteiger partial charge is 0.243 e. The van der Waals surface area contributed by atoms with Crippen molar-refractivity contribution in [3.63, 3.8) is 0 Å². The van der Waals surface area contributed by atoms with E-state index in [2.05, 4.69) is 29.6 Å². The molecule has 0 spiro atoms. The van der Waals surface area contributed by atoms with Gasteiger partial charge >= 0.3 is 0 Å². The molecule has 0 bridgehead atoms. The Labute approximate surface area is 173 Å². The van der Waals surface area contributed by atoms with Crippen LogP contribution in [0.3, 0.4) is 0 Å². The molecule has 150 valence electrons. The number of amides is 1. The Morgan fingerprint density at radius 2 is 1.55 bits per heavy atom. The summed E-state index contributed by atoms with van der Waals surface area (Å²) in [5.74, 6) is 0.780. The highest BCUT2D eigenvalue weighted by atomic mass is 16.5. The van der Waals surface area contributed by atoms with Gasteiger partial charge in [0.15, 0.2) is 0 Å². The summed E-state index contributed by atoms with van der Waals surface area (Å²) in [5.41, 5.74) is 3.14. The average Bonchev–Trinajstić information content (AvgIpc) is 2.77. The summed E-state index contributed by atoms with van der Waals surface area (Å²) < 4.78 is 5.81. The van der Waals surface area contributed by atoms with Crippen LogP contribution in [0.25, 0.3) is 0 Å². The summed E-state index contributed by atoms with van der Waals surface area (Å²) in [6, 6.07) is 27.9. The van der Waals surface area contributed by atoms with Gasteiger partial charge < -0.3 is 15.0 Å². The number of rotatable bonds is 10. The molecule has 3 rings (SSSR count). The van der Waals surface area contributed by atoms with E-state index >= 15 is 0 Å². The highest BCUT2D eigenvalue weighted by molar-refractivity contribution is 5.94. The van der Waals surface area contributed by atoms with Crippen molar-refractivity contribution in [1.29, 1.82) is 0 Å². The Balaban J connectivity index is 1.43. The number of carbonyl (C=O) groups excluding carboxylic acids is 1. The largest absolute Gasteiger partial charge is 0.494 e. The van der Waals surface area contributed by atoms with Crippen molar-refractivity contribution < 1.29 is 9.53 Å². The van der Waals surface area contributed by atoms with Crippen molar-refractivity contribution in [1.82, 2.24) is 0 Å². The van der Waals surface area contributed by atoms with Gasteiger partial charge in [-0.1, -0.05) is 48.5 Å². The van der Waals surface area contributed by atoms with Crippen LogP contribution in [0.1, 0.15) is 18.9 Å². The quantitative estimate of drug-likeness (QED) is 0.488. The Morgan fingerprint density at radius 3 is 2.21 bits per heavy atom. The fourth-order valence-corrected chi connectivity index (χ4v) is 3.14. The van der Waals surface area contributed by atoms with Crippen LogP contribution in [0, 0.1) is 0 Å². The summed E-state index contributed by atoms with van der Waals surface area (Å²) in [6.07, 6.45) is 1.97. The Kier molecular flexibility index (Phi) is 7.70. The van der Waals surface area contributed by atoms with E-state index in [9.17, 15) is 4.79 Å². The molecule has 1 amide bonds. The van der Waals surface area contributed by atoms with E-state index in [0.29, 0.717) is 13.2 Å². The van der Waals surface area contributed by atoms with Gasteiger partial charge in [-0.2, -0.15) is 0 Å². The molecule has 0 saturated carbocycles. The fraction of sp³-hybridized carbons (Fsp3) is 0.240. The lowest BCUT2D eigenvalue weighted by molar-refractivity contribution is -0.115. The zero-order valence-corrected chi connectivity index (χ0v) is 16.9. The molecule has 3 aromatic carbocycles. The predicted molar refractivity (Wildman–Crippen MR) is 120 cm³/mol. The number of nitrogens with one attached hydrogen (secondary N) is 1. The summed E-state index contributed by atoms with van der Waals surface area (Å²) in [4.78, 5) is 14.4. The lowest BCUT2D eigenvalue weighted by Crippen LogP contribution is -2.33. The molecule has 1 N–H and O–H groups in total. The van der Waals surface area contributed by atoms with Gasteiger partial charge in [0.05, 0.1) is 13.2 Å². The first-order chi connectivity index (χ1) is 14.2. The second kappa shape index (κ2) is 10.9. The monoisotopic (exact) mass is 388 g/mol. The van der Waals surface area contributed by atoms with E-state index in [-0.39, 0.29) is 5.91 Å². The molecular weight excluding hydrogens is 360 g/mol. The number of carbonyl (C=O) groups is 1. The molecule has 0 saturated heterocycles. The van der Waals surface area contributed by atoms with Crippen LogP contribution in [0.5, 0.6) is 5.75 Å². The molecule has 0 aliphatic rings. The van der Waals surface area contributed by atoms with Crippen LogP contribution in [-0.2, 0) is 11.2 Å². The van der Waals surface area contributed by atoms with E-state index < -0.39 is 0 Å². The molecule has 0 radical (unpaired) electrons. The summed E-state index contributed by atoms with van der Waals surface area (Å²) in [6.45, 7) is 3.80. The average molecular weight is 389 g/mol. The zero-order valence-electron chi connectivity index (χ0n) is 16.9. The molecule has 0 atom stereocenters. The van der Waals surface area contributed by atoms with Crippen molar-refractivity contribution in [2.75, 3.05) is 29.9 Å². The molecule has 29 heavy (non-hydrogen) atoms. The van der Waals surface area contributed by atoms with E-state index in [4.69, 9.17) is 4.74 Å². The van der Waals surface area contributed by atoms with Crippen molar-refractivity contribution >= 4 is 17.3 Å². The maximum absolute atomic E-state index is 12.4. The van der Waals surface area contributed by atoms with Crippen LogP contribution in [0.4, 0.5) is 11.4 Å². The second-order valence-electron chi connectivity index (χ2n) is 6.86. The van der Waals surface area contributed by atoms with E-state index in [1.807, 2.05) is 72.5 Å². The molecule has 0 unspecified atom stereocenters. The Hall–Kier alpha value is -3.27. The van der Waals surface area contributed by atoms with Crippen LogP contribution < -0.4 is 15.0 Å². The molecule has 4 heteroatoms. The Morgan fingerprint density at radius 1 is 0.897 bits per heavy atom. The van der Waals surface area contributed by atoms with Gasteiger partial charge in [0.1, 0.15) is 5.75 Å². The Bertz CT molecular complexity index is 864. The number of hydrogen-bond acceptors (Lipinski definition) is 3. The predicted octanol–water partition coefficient (Wildman–Crippen LogP) is 5.16. The van der Waals surface area contributed by atoms with Gasteiger partial charge in [0, 0.05) is 17.9 Å². The lowest BCUT2D eigenvalue weighted by Gasteiger charge is -2.22. The third kappa shape index (κ3) is 6.68. The topological polar surface area (TPSA) is 41.6 Å². The van der Waals surface area contributed by atoms with Crippen molar-refractivity contribution in [2.24, 2.45) is 0 Å². The number of hydrogen-bond donors (Lipinski definition) is 1. The molecule has 0 aliphatic heterocycles.